The predicted octanol–water partition coefficient (Wildman–Crippen LogP) is 1.99. The maximum Gasteiger partial charge on any atom is 0.516 e. The highest BCUT2D eigenvalue weighted by atomic mass is 79.9. The number of ether oxygens (including phenoxy) is 1. The molecule has 0 saturated carbocycles. The van der Waals surface area contributed by atoms with Crippen molar-refractivity contribution in [2.24, 2.45) is 0 Å². The molecule has 0 amide bonds. The van der Waals surface area contributed by atoms with Crippen molar-refractivity contribution in [3.8, 4) is 0 Å². The van der Waals surface area contributed by atoms with Crippen molar-refractivity contribution in [2.45, 2.75) is 38.9 Å². The second-order valence-corrected chi connectivity index (χ2v) is 7.57. The third-order valence-corrected chi connectivity index (χ3v) is 5.18. The van der Waals surface area contributed by atoms with Crippen LogP contribution in [0.4, 0.5) is 0 Å². The van der Waals surface area contributed by atoms with E-state index in [-0.39, 0.29) is 5.01 Å². The van der Waals surface area contributed by atoms with Gasteiger partial charge in [0.25, 0.3) is 0 Å². The van der Waals surface area contributed by atoms with Crippen molar-refractivity contribution < 1.29 is 18.8 Å². The number of aromatic nitrogens is 1. The van der Waals surface area contributed by atoms with Crippen LogP contribution in [0.15, 0.2) is 3.79 Å². The smallest absolute Gasteiger partial charge is 0.464 e. The SMILES string of the molecule is COC(=O)c1nc(B2OC(C)(C)C(C)(C)O2)c(Br)s1. The van der Waals surface area contributed by atoms with Gasteiger partial charge in [-0.25, -0.2) is 9.78 Å². The van der Waals surface area contributed by atoms with E-state index >= 15 is 0 Å². The average Bonchev–Trinajstić information content (AvgIpc) is 2.77. The standard InChI is InChI=1S/C11H15BBrNO4S/c1-10(2)11(3,4)18-12(17-10)6-7(13)19-8(14-6)9(15)16-5/h1-5H3. The number of thiazole rings is 1. The van der Waals surface area contributed by atoms with Crippen LogP contribution < -0.4 is 5.59 Å². The second-order valence-electron chi connectivity index (χ2n) is 5.26. The third kappa shape index (κ3) is 2.59. The minimum absolute atomic E-state index is 0.277. The molecule has 1 saturated heterocycles. The van der Waals surface area contributed by atoms with E-state index in [1.54, 1.807) is 0 Å². The number of methoxy groups -OCH3 is 1. The molecule has 0 aromatic carbocycles. The van der Waals surface area contributed by atoms with Gasteiger partial charge in [0.05, 0.1) is 27.7 Å². The Hall–Kier alpha value is -0.435. The molecule has 0 atom stereocenters. The van der Waals surface area contributed by atoms with E-state index in [4.69, 9.17) is 9.31 Å². The Morgan fingerprint density at radius 1 is 1.32 bits per heavy atom. The zero-order chi connectivity index (χ0) is 14.4. The van der Waals surface area contributed by atoms with E-state index in [9.17, 15) is 4.79 Å². The van der Waals surface area contributed by atoms with Gasteiger partial charge < -0.3 is 14.0 Å². The number of carbonyl (C=O) groups excluding carboxylic acids is 1. The highest BCUT2D eigenvalue weighted by molar-refractivity contribution is 9.11. The number of carbonyl (C=O) groups is 1. The van der Waals surface area contributed by atoms with Gasteiger partial charge in [-0.05, 0) is 43.6 Å². The molecule has 2 heterocycles. The molecule has 0 aliphatic carbocycles. The molecular weight excluding hydrogens is 333 g/mol. The number of hydrogen-bond acceptors (Lipinski definition) is 6. The molecule has 0 radical (unpaired) electrons. The Morgan fingerprint density at radius 3 is 2.32 bits per heavy atom. The fraction of sp³-hybridized carbons (Fsp3) is 0.636. The molecule has 0 spiro atoms. The predicted molar refractivity (Wildman–Crippen MR) is 76.9 cm³/mol. The van der Waals surface area contributed by atoms with E-state index in [1.807, 2.05) is 27.7 Å². The average molecular weight is 348 g/mol. The molecule has 1 aliphatic heterocycles. The summed E-state index contributed by atoms with van der Waals surface area (Å²) in [4.78, 5) is 15.7. The van der Waals surface area contributed by atoms with Crippen molar-refractivity contribution in [3.05, 3.63) is 8.79 Å². The summed E-state index contributed by atoms with van der Waals surface area (Å²) in [5.74, 6) is -0.464. The van der Waals surface area contributed by atoms with Crippen LogP contribution in [0.25, 0.3) is 0 Å². The minimum Gasteiger partial charge on any atom is -0.464 e. The van der Waals surface area contributed by atoms with Crippen molar-refractivity contribution in [1.29, 1.82) is 0 Å². The second kappa shape index (κ2) is 4.84. The number of esters is 1. The molecule has 19 heavy (non-hydrogen) atoms. The number of hydrogen-bond donors (Lipinski definition) is 0. The van der Waals surface area contributed by atoms with Crippen LogP contribution in [0.5, 0.6) is 0 Å². The van der Waals surface area contributed by atoms with E-state index in [2.05, 4.69) is 25.7 Å². The monoisotopic (exact) mass is 347 g/mol. The van der Waals surface area contributed by atoms with Crippen LogP contribution in [-0.2, 0) is 14.0 Å². The van der Waals surface area contributed by atoms with Crippen LogP contribution >= 0.6 is 27.3 Å². The Kier molecular flexibility index (Phi) is 3.81. The van der Waals surface area contributed by atoms with Crippen molar-refractivity contribution in [2.75, 3.05) is 7.11 Å². The molecule has 5 nitrogen and oxygen atoms in total. The molecule has 1 aromatic heterocycles. The van der Waals surface area contributed by atoms with Gasteiger partial charge in [-0.15, -0.1) is 11.3 Å². The lowest BCUT2D eigenvalue weighted by molar-refractivity contribution is 0.00578. The van der Waals surface area contributed by atoms with Crippen molar-refractivity contribution in [3.63, 3.8) is 0 Å². The summed E-state index contributed by atoms with van der Waals surface area (Å²) >= 11 is 4.59. The van der Waals surface area contributed by atoms with Gasteiger partial charge in [0.15, 0.2) is 0 Å². The van der Waals surface area contributed by atoms with Crippen LogP contribution in [0.1, 0.15) is 37.5 Å². The van der Waals surface area contributed by atoms with E-state index < -0.39 is 24.3 Å². The van der Waals surface area contributed by atoms with Gasteiger partial charge in [-0.2, -0.15) is 0 Å². The first-order valence-electron chi connectivity index (χ1n) is 5.78. The molecule has 0 bridgehead atoms. The van der Waals surface area contributed by atoms with Gasteiger partial charge in [0.1, 0.15) is 0 Å². The van der Waals surface area contributed by atoms with Gasteiger partial charge >= 0.3 is 13.1 Å². The zero-order valence-electron chi connectivity index (χ0n) is 11.4. The summed E-state index contributed by atoms with van der Waals surface area (Å²) in [5, 5.41) is 0.277. The van der Waals surface area contributed by atoms with Crippen LogP contribution in [0.3, 0.4) is 0 Å². The Balaban J connectivity index is 2.30. The Bertz CT molecular complexity index is 501. The lowest BCUT2D eigenvalue weighted by Gasteiger charge is -2.32. The van der Waals surface area contributed by atoms with Gasteiger partial charge in [0, 0.05) is 0 Å². The van der Waals surface area contributed by atoms with Gasteiger partial charge in [0.2, 0.25) is 5.01 Å². The Morgan fingerprint density at radius 2 is 1.84 bits per heavy atom. The zero-order valence-corrected chi connectivity index (χ0v) is 13.8. The number of halogens is 1. The Labute approximate surface area is 124 Å². The molecule has 1 fully saturated rings. The quantitative estimate of drug-likeness (QED) is 0.605. The summed E-state index contributed by atoms with van der Waals surface area (Å²) in [5.41, 5.74) is -0.303. The third-order valence-electron chi connectivity index (χ3n) is 3.45. The maximum atomic E-state index is 11.5. The normalized spacial score (nSPS) is 20.6. The van der Waals surface area contributed by atoms with Crippen molar-refractivity contribution >= 4 is 45.9 Å². The molecule has 8 heteroatoms. The molecule has 1 aromatic rings. The fourth-order valence-corrected chi connectivity index (χ4v) is 3.05. The highest BCUT2D eigenvalue weighted by Gasteiger charge is 2.53. The summed E-state index contributed by atoms with van der Waals surface area (Å²) < 4.78 is 17.2. The first-order chi connectivity index (χ1) is 8.68. The largest absolute Gasteiger partial charge is 0.516 e. The van der Waals surface area contributed by atoms with Crippen molar-refractivity contribution in [1.82, 2.24) is 4.98 Å². The first-order valence-corrected chi connectivity index (χ1v) is 7.39. The van der Waals surface area contributed by atoms with E-state index in [0.29, 0.717) is 9.38 Å². The minimum atomic E-state index is -0.589. The van der Waals surface area contributed by atoms with Gasteiger partial charge in [-0.3, -0.25) is 0 Å². The summed E-state index contributed by atoms with van der Waals surface area (Å²) in [6.45, 7) is 7.87. The number of rotatable bonds is 2. The molecule has 0 unspecified atom stereocenters. The van der Waals surface area contributed by atoms with Crippen LogP contribution in [-0.4, -0.2) is 36.4 Å². The topological polar surface area (TPSA) is 57.7 Å². The summed E-state index contributed by atoms with van der Waals surface area (Å²) in [6.07, 6.45) is 0. The summed E-state index contributed by atoms with van der Waals surface area (Å²) in [6, 6.07) is 0. The van der Waals surface area contributed by atoms with Crippen LogP contribution in [0.2, 0.25) is 0 Å². The molecule has 104 valence electrons. The number of nitrogens with zero attached hydrogens (tertiary/aromatic N) is 1. The lowest BCUT2D eigenvalue weighted by atomic mass is 9.86. The van der Waals surface area contributed by atoms with E-state index in [1.165, 1.54) is 18.4 Å². The molecule has 1 aliphatic rings. The highest BCUT2D eigenvalue weighted by Crippen LogP contribution is 2.37. The van der Waals surface area contributed by atoms with E-state index in [0.717, 1.165) is 0 Å². The van der Waals surface area contributed by atoms with Gasteiger partial charge in [-0.1, -0.05) is 0 Å². The first kappa shape index (κ1) is 15.0. The molecule has 2 rings (SSSR count). The molecule has 0 N–H and O–H groups in total. The maximum absolute atomic E-state index is 11.5. The van der Waals surface area contributed by atoms with Crippen LogP contribution in [0, 0.1) is 0 Å². The lowest BCUT2D eigenvalue weighted by Crippen LogP contribution is -2.41. The molecular formula is C11H15BBrNO4S. The fourth-order valence-electron chi connectivity index (χ4n) is 1.59. The summed E-state index contributed by atoms with van der Waals surface area (Å²) in [7, 11) is 0.737.